The molecule has 0 atom stereocenters. The van der Waals surface area contributed by atoms with Gasteiger partial charge in [-0.2, -0.15) is 0 Å². The highest BCUT2D eigenvalue weighted by molar-refractivity contribution is 5.16. The van der Waals surface area contributed by atoms with E-state index < -0.39 is 0 Å². The Bertz CT molecular complexity index is 381. The van der Waals surface area contributed by atoms with Crippen LogP contribution in [0.3, 0.4) is 0 Å². The second-order valence-corrected chi connectivity index (χ2v) is 6.09. The quantitative estimate of drug-likeness (QED) is 0.884. The monoisotopic (exact) mass is 247 g/mol. The maximum atomic E-state index is 4.23. The van der Waals surface area contributed by atoms with E-state index in [-0.39, 0.29) is 0 Å². The second kappa shape index (κ2) is 5.81. The molecule has 2 heterocycles. The van der Waals surface area contributed by atoms with Crippen LogP contribution in [0, 0.1) is 12.3 Å². The maximum Gasteiger partial charge on any atom is 0.0313 e. The predicted molar refractivity (Wildman–Crippen MR) is 75.5 cm³/mol. The van der Waals surface area contributed by atoms with Crippen LogP contribution in [-0.2, 0) is 6.54 Å². The molecule has 0 saturated carbocycles. The molecule has 3 heteroatoms. The lowest BCUT2D eigenvalue weighted by atomic mass is 9.80. The Morgan fingerprint density at radius 2 is 2.06 bits per heavy atom. The average Bonchev–Trinajstić information content (AvgIpc) is 2.34. The molecule has 1 aliphatic heterocycles. The van der Waals surface area contributed by atoms with Crippen molar-refractivity contribution in [3.8, 4) is 0 Å². The lowest BCUT2D eigenvalue weighted by Crippen LogP contribution is -2.41. The van der Waals surface area contributed by atoms with Crippen LogP contribution in [0.2, 0.25) is 0 Å². The number of hydrogen-bond donors (Lipinski definition) is 1. The molecule has 100 valence electrons. The predicted octanol–water partition coefficient (Wildman–Crippen LogP) is 2.21. The Hall–Kier alpha value is -0.930. The summed E-state index contributed by atoms with van der Waals surface area (Å²) < 4.78 is 0. The number of pyridine rings is 1. The summed E-state index contributed by atoms with van der Waals surface area (Å²) in [5, 5.41) is 3.60. The second-order valence-electron chi connectivity index (χ2n) is 6.09. The zero-order valence-corrected chi connectivity index (χ0v) is 11.9. The SMILES string of the molecule is Cc1cncc(CNCC2(C)CCN(C)CC2)c1. The summed E-state index contributed by atoms with van der Waals surface area (Å²) in [5.74, 6) is 0. The minimum absolute atomic E-state index is 0.462. The van der Waals surface area contributed by atoms with E-state index >= 15 is 0 Å². The highest BCUT2D eigenvalue weighted by atomic mass is 15.1. The Morgan fingerprint density at radius 3 is 2.72 bits per heavy atom. The van der Waals surface area contributed by atoms with Gasteiger partial charge in [-0.25, -0.2) is 0 Å². The molecule has 1 aromatic heterocycles. The van der Waals surface area contributed by atoms with Crippen LogP contribution >= 0.6 is 0 Å². The van der Waals surface area contributed by atoms with Gasteiger partial charge in [0.15, 0.2) is 0 Å². The molecule has 1 aliphatic rings. The van der Waals surface area contributed by atoms with E-state index in [1.54, 1.807) is 0 Å². The van der Waals surface area contributed by atoms with Crippen LogP contribution in [0.4, 0.5) is 0 Å². The third kappa shape index (κ3) is 3.79. The first-order chi connectivity index (χ1) is 8.57. The summed E-state index contributed by atoms with van der Waals surface area (Å²) in [7, 11) is 2.21. The Kier molecular flexibility index (Phi) is 4.36. The van der Waals surface area contributed by atoms with Crippen LogP contribution in [0.25, 0.3) is 0 Å². The number of likely N-dealkylation sites (tertiary alicyclic amines) is 1. The van der Waals surface area contributed by atoms with Crippen LogP contribution < -0.4 is 5.32 Å². The van der Waals surface area contributed by atoms with E-state index in [2.05, 4.69) is 42.2 Å². The fourth-order valence-electron chi connectivity index (χ4n) is 2.56. The van der Waals surface area contributed by atoms with Crippen molar-refractivity contribution in [3.05, 3.63) is 29.6 Å². The van der Waals surface area contributed by atoms with E-state index in [9.17, 15) is 0 Å². The van der Waals surface area contributed by atoms with E-state index in [0.29, 0.717) is 5.41 Å². The molecular weight excluding hydrogens is 222 g/mol. The van der Waals surface area contributed by atoms with E-state index in [4.69, 9.17) is 0 Å². The van der Waals surface area contributed by atoms with Crippen molar-refractivity contribution in [2.45, 2.75) is 33.2 Å². The summed E-state index contributed by atoms with van der Waals surface area (Å²) >= 11 is 0. The molecule has 1 fully saturated rings. The van der Waals surface area contributed by atoms with E-state index in [1.807, 2.05) is 12.4 Å². The van der Waals surface area contributed by atoms with Gasteiger partial charge in [-0.15, -0.1) is 0 Å². The van der Waals surface area contributed by atoms with Crippen molar-refractivity contribution in [1.82, 2.24) is 15.2 Å². The van der Waals surface area contributed by atoms with Gasteiger partial charge in [0, 0.05) is 25.5 Å². The standard InChI is InChI=1S/C15H25N3/c1-13-8-14(10-16-9-13)11-17-12-15(2)4-6-18(3)7-5-15/h8-10,17H,4-7,11-12H2,1-3H3. The first kappa shape index (κ1) is 13.5. The first-order valence-electron chi connectivity index (χ1n) is 6.87. The van der Waals surface area contributed by atoms with E-state index in [0.717, 1.165) is 13.1 Å². The van der Waals surface area contributed by atoms with Crippen molar-refractivity contribution in [2.24, 2.45) is 5.41 Å². The van der Waals surface area contributed by atoms with Crippen molar-refractivity contribution in [1.29, 1.82) is 0 Å². The molecule has 0 unspecified atom stereocenters. The van der Waals surface area contributed by atoms with Gasteiger partial charge in [0.2, 0.25) is 0 Å². The van der Waals surface area contributed by atoms with E-state index in [1.165, 1.54) is 37.1 Å². The molecule has 18 heavy (non-hydrogen) atoms. The molecular formula is C15H25N3. The smallest absolute Gasteiger partial charge is 0.0313 e. The van der Waals surface area contributed by atoms with Crippen LogP contribution in [0.15, 0.2) is 18.5 Å². The molecule has 3 nitrogen and oxygen atoms in total. The summed E-state index contributed by atoms with van der Waals surface area (Å²) in [6, 6.07) is 2.21. The fraction of sp³-hybridized carbons (Fsp3) is 0.667. The zero-order chi connectivity index (χ0) is 13.0. The van der Waals surface area contributed by atoms with Gasteiger partial charge in [-0.05, 0) is 56.4 Å². The van der Waals surface area contributed by atoms with Crippen LogP contribution in [-0.4, -0.2) is 36.6 Å². The number of nitrogens with zero attached hydrogens (tertiary/aromatic N) is 2. The molecule has 2 rings (SSSR count). The Labute approximate surface area is 111 Å². The third-order valence-corrected chi connectivity index (χ3v) is 4.01. The third-order valence-electron chi connectivity index (χ3n) is 4.01. The lowest BCUT2D eigenvalue weighted by molar-refractivity contribution is 0.137. The summed E-state index contributed by atoms with van der Waals surface area (Å²) in [5.41, 5.74) is 2.98. The lowest BCUT2D eigenvalue weighted by Gasteiger charge is -2.38. The number of rotatable bonds is 4. The zero-order valence-electron chi connectivity index (χ0n) is 11.9. The van der Waals surface area contributed by atoms with Crippen molar-refractivity contribution < 1.29 is 0 Å². The number of hydrogen-bond acceptors (Lipinski definition) is 3. The molecule has 1 N–H and O–H groups in total. The van der Waals surface area contributed by atoms with Gasteiger partial charge in [-0.3, -0.25) is 4.98 Å². The van der Waals surface area contributed by atoms with Gasteiger partial charge < -0.3 is 10.2 Å². The van der Waals surface area contributed by atoms with Crippen molar-refractivity contribution in [3.63, 3.8) is 0 Å². The molecule has 0 spiro atoms. The molecule has 1 saturated heterocycles. The molecule has 0 radical (unpaired) electrons. The molecule has 0 bridgehead atoms. The number of piperidine rings is 1. The minimum atomic E-state index is 0.462. The van der Waals surface area contributed by atoms with Gasteiger partial charge in [-0.1, -0.05) is 13.0 Å². The molecule has 0 amide bonds. The normalized spacial score (nSPS) is 19.9. The highest BCUT2D eigenvalue weighted by Gasteiger charge is 2.28. The van der Waals surface area contributed by atoms with Gasteiger partial charge in [0.05, 0.1) is 0 Å². The van der Waals surface area contributed by atoms with Crippen molar-refractivity contribution >= 4 is 0 Å². The fourth-order valence-corrected chi connectivity index (χ4v) is 2.56. The Balaban J connectivity index is 1.78. The number of aromatic nitrogens is 1. The van der Waals surface area contributed by atoms with Crippen LogP contribution in [0.1, 0.15) is 30.9 Å². The molecule has 0 aromatic carbocycles. The molecule has 1 aromatic rings. The highest BCUT2D eigenvalue weighted by Crippen LogP contribution is 2.29. The minimum Gasteiger partial charge on any atom is -0.312 e. The summed E-state index contributed by atoms with van der Waals surface area (Å²) in [4.78, 5) is 6.65. The Morgan fingerprint density at radius 1 is 1.33 bits per heavy atom. The first-order valence-corrected chi connectivity index (χ1v) is 6.87. The average molecular weight is 247 g/mol. The number of aryl methyl sites for hydroxylation is 1. The largest absolute Gasteiger partial charge is 0.312 e. The topological polar surface area (TPSA) is 28.2 Å². The molecule has 0 aliphatic carbocycles. The summed E-state index contributed by atoms with van der Waals surface area (Å²) in [6.45, 7) is 8.99. The van der Waals surface area contributed by atoms with Crippen molar-refractivity contribution in [2.75, 3.05) is 26.7 Å². The number of nitrogens with one attached hydrogen (secondary N) is 1. The maximum absolute atomic E-state index is 4.23. The summed E-state index contributed by atoms with van der Waals surface area (Å²) in [6.07, 6.45) is 6.45. The van der Waals surface area contributed by atoms with Gasteiger partial charge in [0.1, 0.15) is 0 Å². The van der Waals surface area contributed by atoms with Gasteiger partial charge in [0.25, 0.3) is 0 Å². The van der Waals surface area contributed by atoms with Crippen LogP contribution in [0.5, 0.6) is 0 Å². The van der Waals surface area contributed by atoms with Gasteiger partial charge >= 0.3 is 0 Å².